The molecule has 94 valence electrons. The van der Waals surface area contributed by atoms with Crippen LogP contribution in [0.3, 0.4) is 0 Å². The second-order valence-electron chi connectivity index (χ2n) is 6.77. The highest BCUT2D eigenvalue weighted by molar-refractivity contribution is 5.06. The van der Waals surface area contributed by atoms with Crippen molar-refractivity contribution < 1.29 is 4.74 Å². The smallest absolute Gasteiger partial charge is 0.111 e. The molecule has 1 heteroatoms. The quantitative estimate of drug-likeness (QED) is 0.522. The molecule has 1 nitrogen and oxygen atoms in total. The zero-order chi connectivity index (χ0) is 12.0. The van der Waals surface area contributed by atoms with Crippen LogP contribution >= 0.6 is 0 Å². The van der Waals surface area contributed by atoms with E-state index in [0.29, 0.717) is 5.41 Å². The number of hydrogen-bond acceptors (Lipinski definition) is 1. The zero-order valence-electron chi connectivity index (χ0n) is 11.0. The lowest BCUT2D eigenvalue weighted by atomic mass is 9.46. The van der Waals surface area contributed by atoms with E-state index in [2.05, 4.69) is 20.1 Å². The molecule has 0 aromatic rings. The molecule has 0 unspecified atom stereocenters. The average Bonchev–Trinajstić information content (AvgIpc) is 2.32. The van der Waals surface area contributed by atoms with Gasteiger partial charge >= 0.3 is 0 Å². The molecule has 0 radical (unpaired) electrons. The maximum absolute atomic E-state index is 5.81. The van der Waals surface area contributed by atoms with Gasteiger partial charge < -0.3 is 4.74 Å². The maximum atomic E-state index is 5.81. The van der Waals surface area contributed by atoms with Crippen LogP contribution in [0.4, 0.5) is 0 Å². The van der Waals surface area contributed by atoms with Crippen LogP contribution < -0.4 is 0 Å². The number of hydrogen-bond donors (Lipinski definition) is 0. The van der Waals surface area contributed by atoms with Gasteiger partial charge in [-0.1, -0.05) is 20.1 Å². The van der Waals surface area contributed by atoms with Gasteiger partial charge in [0, 0.05) is 5.41 Å². The van der Waals surface area contributed by atoms with E-state index in [-0.39, 0.29) is 0 Å². The van der Waals surface area contributed by atoms with E-state index in [4.69, 9.17) is 4.74 Å². The van der Waals surface area contributed by atoms with Gasteiger partial charge in [-0.05, 0) is 61.9 Å². The summed E-state index contributed by atoms with van der Waals surface area (Å²) in [6.07, 6.45) is 9.05. The minimum absolute atomic E-state index is 0.402. The summed E-state index contributed by atoms with van der Waals surface area (Å²) in [5.74, 6) is 4.61. The third kappa shape index (κ3) is 1.75. The summed E-state index contributed by atoms with van der Waals surface area (Å²) in [6, 6.07) is 0. The summed E-state index contributed by atoms with van der Waals surface area (Å²) >= 11 is 0. The molecule has 0 heterocycles. The van der Waals surface area contributed by atoms with Crippen molar-refractivity contribution >= 4 is 0 Å². The highest BCUT2D eigenvalue weighted by Gasteiger charge is 2.54. The molecule has 4 aliphatic carbocycles. The van der Waals surface area contributed by atoms with Crippen LogP contribution in [0.1, 0.15) is 39.0 Å². The predicted octanol–water partition coefficient (Wildman–Crippen LogP) is 4.17. The lowest BCUT2D eigenvalue weighted by molar-refractivity contribution is -0.124. The Hall–Kier alpha value is -0.720. The van der Waals surface area contributed by atoms with Crippen molar-refractivity contribution in [3.05, 3.63) is 25.0 Å². The first-order valence-electron chi connectivity index (χ1n) is 7.06. The molecule has 0 saturated heterocycles. The van der Waals surface area contributed by atoms with Crippen LogP contribution in [0.2, 0.25) is 0 Å². The van der Waals surface area contributed by atoms with Gasteiger partial charge in [0.15, 0.2) is 0 Å². The van der Waals surface area contributed by atoms with Gasteiger partial charge in [0.25, 0.3) is 0 Å². The van der Waals surface area contributed by atoms with E-state index in [1.807, 2.05) is 0 Å². The molecular formula is C16H24O. The van der Waals surface area contributed by atoms with Crippen molar-refractivity contribution in [1.82, 2.24) is 0 Å². The Labute approximate surface area is 105 Å². The molecule has 4 rings (SSSR count). The minimum atomic E-state index is 0.402. The summed E-state index contributed by atoms with van der Waals surface area (Å²) in [5.41, 5.74) is 0.402. The van der Waals surface area contributed by atoms with Crippen LogP contribution in [0.15, 0.2) is 25.0 Å². The molecule has 0 amide bonds. The predicted molar refractivity (Wildman–Crippen MR) is 70.4 cm³/mol. The van der Waals surface area contributed by atoms with E-state index in [0.717, 1.165) is 36.0 Å². The van der Waals surface area contributed by atoms with Crippen molar-refractivity contribution in [1.29, 1.82) is 0 Å². The molecule has 4 fully saturated rings. The van der Waals surface area contributed by atoms with Crippen LogP contribution in [0, 0.1) is 29.1 Å². The fraction of sp³-hybridized carbons (Fsp3) is 0.750. The van der Waals surface area contributed by atoms with Gasteiger partial charge in [-0.2, -0.15) is 0 Å². The second kappa shape index (κ2) is 3.90. The Morgan fingerprint density at radius 2 is 1.71 bits per heavy atom. The molecule has 4 aliphatic rings. The van der Waals surface area contributed by atoms with Crippen LogP contribution in [0.5, 0.6) is 0 Å². The number of ether oxygens (including phenoxy) is 1. The molecule has 0 aliphatic heterocycles. The summed E-state index contributed by atoms with van der Waals surface area (Å²) in [6.45, 7) is 10.9. The second-order valence-corrected chi connectivity index (χ2v) is 6.77. The highest BCUT2D eigenvalue weighted by Crippen LogP contribution is 2.62. The van der Waals surface area contributed by atoms with Gasteiger partial charge in [0.05, 0.1) is 6.61 Å². The third-order valence-corrected chi connectivity index (χ3v) is 5.80. The Morgan fingerprint density at radius 3 is 2.18 bits per heavy atom. The Morgan fingerprint density at radius 1 is 1.18 bits per heavy atom. The Bertz CT molecular complexity index is 313. The topological polar surface area (TPSA) is 9.23 Å². The molecular weight excluding hydrogens is 208 g/mol. The number of allylic oxidation sites excluding steroid dienone is 1. The SMILES string of the molecule is C=CC(=C)OCC1(C)C2CC3CC(C2)CC1C3. The molecule has 0 aromatic heterocycles. The Kier molecular flexibility index (Phi) is 2.61. The normalized spacial score (nSPS) is 46.9. The molecule has 4 saturated carbocycles. The molecule has 17 heavy (non-hydrogen) atoms. The molecule has 0 N–H and O–H groups in total. The van der Waals surface area contributed by atoms with Crippen LogP contribution in [0.25, 0.3) is 0 Å². The minimum Gasteiger partial charge on any atom is -0.494 e. The summed E-state index contributed by atoms with van der Waals surface area (Å²) < 4.78 is 5.81. The largest absolute Gasteiger partial charge is 0.494 e. The van der Waals surface area contributed by atoms with Gasteiger partial charge in [0.2, 0.25) is 0 Å². The first-order chi connectivity index (χ1) is 8.11. The standard InChI is InChI=1S/C16H24O/c1-4-11(2)17-10-16(3)14-6-12-5-13(8-14)9-15(16)7-12/h4,12-15H,1-2,5-10H2,3H3. The molecule has 4 bridgehead atoms. The summed E-state index contributed by atoms with van der Waals surface area (Å²) in [4.78, 5) is 0. The van der Waals surface area contributed by atoms with Crippen molar-refractivity contribution in [3.8, 4) is 0 Å². The fourth-order valence-corrected chi connectivity index (χ4v) is 4.80. The molecule has 0 aromatic carbocycles. The van der Waals surface area contributed by atoms with E-state index in [1.165, 1.54) is 32.1 Å². The van der Waals surface area contributed by atoms with Crippen molar-refractivity contribution in [3.63, 3.8) is 0 Å². The summed E-state index contributed by atoms with van der Waals surface area (Å²) in [5, 5.41) is 0. The van der Waals surface area contributed by atoms with Gasteiger partial charge in [0.1, 0.15) is 5.76 Å². The highest BCUT2D eigenvalue weighted by atomic mass is 16.5. The van der Waals surface area contributed by atoms with Gasteiger partial charge in [-0.25, -0.2) is 0 Å². The lowest BCUT2D eigenvalue weighted by Gasteiger charge is -2.60. The van der Waals surface area contributed by atoms with Crippen molar-refractivity contribution in [2.24, 2.45) is 29.1 Å². The van der Waals surface area contributed by atoms with E-state index in [9.17, 15) is 0 Å². The van der Waals surface area contributed by atoms with Gasteiger partial charge in [-0.3, -0.25) is 0 Å². The summed E-state index contributed by atoms with van der Waals surface area (Å²) in [7, 11) is 0. The van der Waals surface area contributed by atoms with E-state index in [1.54, 1.807) is 6.08 Å². The number of rotatable bonds is 4. The first kappa shape index (κ1) is 11.4. The van der Waals surface area contributed by atoms with E-state index >= 15 is 0 Å². The fourth-order valence-electron chi connectivity index (χ4n) is 4.80. The zero-order valence-corrected chi connectivity index (χ0v) is 11.0. The molecule has 0 spiro atoms. The van der Waals surface area contributed by atoms with Crippen molar-refractivity contribution in [2.45, 2.75) is 39.0 Å². The van der Waals surface area contributed by atoms with E-state index < -0.39 is 0 Å². The maximum Gasteiger partial charge on any atom is 0.111 e. The van der Waals surface area contributed by atoms with Crippen LogP contribution in [-0.2, 0) is 4.74 Å². The first-order valence-corrected chi connectivity index (χ1v) is 7.06. The average molecular weight is 232 g/mol. The van der Waals surface area contributed by atoms with Gasteiger partial charge in [-0.15, -0.1) is 0 Å². The Balaban J connectivity index is 1.73. The lowest BCUT2D eigenvalue weighted by Crippen LogP contribution is -2.53. The third-order valence-electron chi connectivity index (χ3n) is 5.80. The monoisotopic (exact) mass is 232 g/mol. The molecule has 0 atom stereocenters. The van der Waals surface area contributed by atoms with Crippen LogP contribution in [-0.4, -0.2) is 6.61 Å². The van der Waals surface area contributed by atoms with Crippen molar-refractivity contribution in [2.75, 3.05) is 6.61 Å².